The molecule has 1 atom stereocenters. The van der Waals surface area contributed by atoms with Gasteiger partial charge in [-0.1, -0.05) is 13.8 Å². The van der Waals surface area contributed by atoms with Crippen LogP contribution >= 0.6 is 0 Å². The molecule has 0 spiro atoms. The molecule has 1 heterocycles. The Morgan fingerprint density at radius 2 is 2.00 bits per heavy atom. The number of esters is 1. The van der Waals surface area contributed by atoms with Crippen LogP contribution in [0.3, 0.4) is 0 Å². The summed E-state index contributed by atoms with van der Waals surface area (Å²) in [7, 11) is 1.32. The quantitative estimate of drug-likeness (QED) is 0.826. The van der Waals surface area contributed by atoms with E-state index >= 15 is 0 Å². The zero-order chi connectivity index (χ0) is 13.7. The van der Waals surface area contributed by atoms with Gasteiger partial charge in [0.2, 0.25) is 5.91 Å². The lowest BCUT2D eigenvalue weighted by Gasteiger charge is -2.21. The predicted molar refractivity (Wildman–Crippen MR) is 67.0 cm³/mol. The average molecular weight is 250 g/mol. The minimum absolute atomic E-state index is 0.104. The molecular formula is C13H18N2O3. The Hall–Kier alpha value is -1.91. The summed E-state index contributed by atoms with van der Waals surface area (Å²) in [6, 6.07) is 3.22. The van der Waals surface area contributed by atoms with Gasteiger partial charge < -0.3 is 10.1 Å². The van der Waals surface area contributed by atoms with Gasteiger partial charge in [-0.05, 0) is 18.1 Å². The van der Waals surface area contributed by atoms with Crippen molar-refractivity contribution in [3.8, 4) is 0 Å². The number of carbonyl (C=O) groups is 2. The second-order valence-electron chi connectivity index (χ2n) is 4.39. The zero-order valence-corrected chi connectivity index (χ0v) is 11.1. The summed E-state index contributed by atoms with van der Waals surface area (Å²) < 4.78 is 4.60. The van der Waals surface area contributed by atoms with E-state index in [1.165, 1.54) is 20.2 Å². The van der Waals surface area contributed by atoms with Crippen molar-refractivity contribution < 1.29 is 14.3 Å². The van der Waals surface area contributed by atoms with E-state index in [1.54, 1.807) is 12.1 Å². The fraction of sp³-hybridized carbons (Fsp3) is 0.462. The van der Waals surface area contributed by atoms with Crippen LogP contribution in [-0.2, 0) is 9.53 Å². The van der Waals surface area contributed by atoms with Crippen molar-refractivity contribution in [3.05, 3.63) is 29.6 Å². The maximum absolute atomic E-state index is 11.3. The number of nitrogens with zero attached hydrogens (tertiary/aromatic N) is 1. The van der Waals surface area contributed by atoms with Crippen molar-refractivity contribution >= 4 is 11.9 Å². The molecule has 5 heteroatoms. The molecule has 0 saturated heterocycles. The summed E-state index contributed by atoms with van der Waals surface area (Å²) in [6.07, 6.45) is 1.46. The second kappa shape index (κ2) is 6.14. The van der Waals surface area contributed by atoms with E-state index in [0.717, 1.165) is 5.69 Å². The summed E-state index contributed by atoms with van der Waals surface area (Å²) in [5.74, 6) is -0.312. The van der Waals surface area contributed by atoms with E-state index in [-0.39, 0.29) is 17.9 Å². The second-order valence-corrected chi connectivity index (χ2v) is 4.39. The molecule has 0 radical (unpaired) electrons. The smallest absolute Gasteiger partial charge is 0.339 e. The molecule has 1 unspecified atom stereocenters. The molecule has 5 nitrogen and oxygen atoms in total. The van der Waals surface area contributed by atoms with Crippen LogP contribution in [-0.4, -0.2) is 24.0 Å². The van der Waals surface area contributed by atoms with Crippen LogP contribution in [0.5, 0.6) is 0 Å². The van der Waals surface area contributed by atoms with Crippen molar-refractivity contribution in [2.24, 2.45) is 5.92 Å². The zero-order valence-electron chi connectivity index (χ0n) is 11.1. The molecule has 98 valence electrons. The minimum atomic E-state index is -0.422. The Morgan fingerprint density at radius 1 is 1.33 bits per heavy atom. The number of hydrogen-bond acceptors (Lipinski definition) is 4. The van der Waals surface area contributed by atoms with Crippen molar-refractivity contribution in [1.29, 1.82) is 0 Å². The fourth-order valence-electron chi connectivity index (χ4n) is 1.63. The number of nitrogens with one attached hydrogen (secondary N) is 1. The van der Waals surface area contributed by atoms with Gasteiger partial charge in [0, 0.05) is 13.1 Å². The third-order valence-corrected chi connectivity index (χ3v) is 2.55. The maximum Gasteiger partial charge on any atom is 0.339 e. The summed E-state index contributed by atoms with van der Waals surface area (Å²) >= 11 is 0. The Labute approximate surface area is 107 Å². The summed E-state index contributed by atoms with van der Waals surface area (Å²) in [6.45, 7) is 5.46. The van der Waals surface area contributed by atoms with Gasteiger partial charge in [-0.2, -0.15) is 0 Å². The van der Waals surface area contributed by atoms with Gasteiger partial charge in [0.1, 0.15) is 0 Å². The molecule has 1 N–H and O–H groups in total. The van der Waals surface area contributed by atoms with Crippen LogP contribution in [0, 0.1) is 5.92 Å². The maximum atomic E-state index is 11.3. The summed E-state index contributed by atoms with van der Waals surface area (Å²) in [4.78, 5) is 26.6. The molecule has 0 bridgehead atoms. The molecular weight excluding hydrogens is 232 g/mol. The van der Waals surface area contributed by atoms with Crippen LogP contribution in [0.25, 0.3) is 0 Å². The van der Waals surface area contributed by atoms with Gasteiger partial charge in [0.15, 0.2) is 0 Å². The molecule has 0 aliphatic carbocycles. The van der Waals surface area contributed by atoms with Gasteiger partial charge in [-0.25, -0.2) is 4.79 Å². The molecule has 18 heavy (non-hydrogen) atoms. The SMILES string of the molecule is COC(=O)c1ccc(C(NC(C)=O)C(C)C)nc1. The molecule has 0 saturated carbocycles. The standard InChI is InChI=1S/C13H18N2O3/c1-8(2)12(15-9(3)16)11-6-5-10(7-14-11)13(17)18-4/h5-8,12H,1-4H3,(H,15,16). The largest absolute Gasteiger partial charge is 0.465 e. The third-order valence-electron chi connectivity index (χ3n) is 2.55. The topological polar surface area (TPSA) is 68.3 Å². The number of rotatable bonds is 4. The molecule has 1 aromatic rings. The van der Waals surface area contributed by atoms with E-state index < -0.39 is 5.97 Å². The highest BCUT2D eigenvalue weighted by molar-refractivity contribution is 5.88. The number of amides is 1. The number of pyridine rings is 1. The van der Waals surface area contributed by atoms with E-state index in [1.807, 2.05) is 13.8 Å². The van der Waals surface area contributed by atoms with Gasteiger partial charge >= 0.3 is 5.97 Å². The van der Waals surface area contributed by atoms with Crippen molar-refractivity contribution in [3.63, 3.8) is 0 Å². The molecule has 0 aromatic carbocycles. The van der Waals surface area contributed by atoms with Crippen molar-refractivity contribution in [1.82, 2.24) is 10.3 Å². The minimum Gasteiger partial charge on any atom is -0.465 e. The van der Waals surface area contributed by atoms with Gasteiger partial charge in [-0.3, -0.25) is 9.78 Å². The third kappa shape index (κ3) is 3.55. The Bertz CT molecular complexity index is 426. The monoisotopic (exact) mass is 250 g/mol. The number of methoxy groups -OCH3 is 1. The normalized spacial score (nSPS) is 12.1. The lowest BCUT2D eigenvalue weighted by Crippen LogP contribution is -2.30. The predicted octanol–water partition coefficient (Wildman–Crippen LogP) is 1.70. The first-order chi connectivity index (χ1) is 8.45. The fourth-order valence-corrected chi connectivity index (χ4v) is 1.63. The van der Waals surface area contributed by atoms with E-state index in [0.29, 0.717) is 5.56 Å². The van der Waals surface area contributed by atoms with Crippen LogP contribution in [0.2, 0.25) is 0 Å². The van der Waals surface area contributed by atoms with Gasteiger partial charge in [-0.15, -0.1) is 0 Å². The Balaban J connectivity index is 2.93. The Morgan fingerprint density at radius 3 is 2.39 bits per heavy atom. The molecule has 0 fully saturated rings. The van der Waals surface area contributed by atoms with Gasteiger partial charge in [0.25, 0.3) is 0 Å². The molecule has 0 aliphatic rings. The highest BCUT2D eigenvalue weighted by atomic mass is 16.5. The van der Waals surface area contributed by atoms with E-state index in [4.69, 9.17) is 0 Å². The van der Waals surface area contributed by atoms with E-state index in [2.05, 4.69) is 15.0 Å². The number of carbonyl (C=O) groups excluding carboxylic acids is 2. The number of aromatic nitrogens is 1. The van der Waals surface area contributed by atoms with Crippen LogP contribution in [0.1, 0.15) is 42.9 Å². The summed E-state index contributed by atoms with van der Waals surface area (Å²) in [5, 5.41) is 2.84. The molecule has 0 aliphatic heterocycles. The highest BCUT2D eigenvalue weighted by Gasteiger charge is 2.18. The van der Waals surface area contributed by atoms with Gasteiger partial charge in [0.05, 0.1) is 24.4 Å². The number of ether oxygens (including phenoxy) is 1. The molecule has 1 rings (SSSR count). The van der Waals surface area contributed by atoms with Crippen LogP contribution in [0.15, 0.2) is 18.3 Å². The highest BCUT2D eigenvalue weighted by Crippen LogP contribution is 2.19. The van der Waals surface area contributed by atoms with Crippen LogP contribution < -0.4 is 5.32 Å². The first-order valence-corrected chi connectivity index (χ1v) is 5.77. The number of hydrogen-bond donors (Lipinski definition) is 1. The summed E-state index contributed by atoms with van der Waals surface area (Å²) in [5.41, 5.74) is 1.12. The van der Waals surface area contributed by atoms with Crippen molar-refractivity contribution in [2.75, 3.05) is 7.11 Å². The van der Waals surface area contributed by atoms with Crippen molar-refractivity contribution in [2.45, 2.75) is 26.8 Å². The first-order valence-electron chi connectivity index (χ1n) is 5.77. The molecule has 1 aromatic heterocycles. The lowest BCUT2D eigenvalue weighted by molar-refractivity contribution is -0.120. The average Bonchev–Trinajstić information content (AvgIpc) is 2.34. The van der Waals surface area contributed by atoms with E-state index in [9.17, 15) is 9.59 Å². The lowest BCUT2D eigenvalue weighted by atomic mass is 10.00. The Kier molecular flexibility index (Phi) is 4.83. The molecule has 1 amide bonds. The first kappa shape index (κ1) is 14.2. The van der Waals surface area contributed by atoms with Crippen LogP contribution in [0.4, 0.5) is 0 Å².